The number of nitrogen functional groups attached to an aromatic ring is 1. The van der Waals surface area contributed by atoms with E-state index in [2.05, 4.69) is 30.5 Å². The van der Waals surface area contributed by atoms with E-state index >= 15 is 0 Å². The van der Waals surface area contributed by atoms with Crippen LogP contribution in [0, 0.1) is 6.92 Å². The van der Waals surface area contributed by atoms with E-state index in [-0.39, 0.29) is 23.6 Å². The minimum Gasteiger partial charge on any atom is -0.368 e. The van der Waals surface area contributed by atoms with Gasteiger partial charge in [-0.05, 0) is 19.9 Å². The summed E-state index contributed by atoms with van der Waals surface area (Å²) in [7, 11) is 0. The number of amides is 1. The van der Waals surface area contributed by atoms with Crippen molar-refractivity contribution in [1.29, 1.82) is 0 Å². The van der Waals surface area contributed by atoms with E-state index < -0.39 is 0 Å². The fourth-order valence-electron chi connectivity index (χ4n) is 1.47. The number of rotatable bonds is 3. The summed E-state index contributed by atoms with van der Waals surface area (Å²) in [5, 5.41) is 9.14. The Labute approximate surface area is 103 Å². The lowest BCUT2D eigenvalue weighted by molar-refractivity contribution is 0.0933. The second-order valence-electron chi connectivity index (χ2n) is 3.82. The Hall–Kier alpha value is -2.51. The summed E-state index contributed by atoms with van der Waals surface area (Å²) >= 11 is 0. The lowest BCUT2D eigenvalue weighted by Crippen LogP contribution is -2.28. The van der Waals surface area contributed by atoms with E-state index in [0.29, 0.717) is 11.5 Å². The molecule has 2 rings (SSSR count). The molecule has 0 aliphatic rings. The predicted molar refractivity (Wildman–Crippen MR) is 63.4 cm³/mol. The summed E-state index contributed by atoms with van der Waals surface area (Å²) in [6, 6.07) is 1.27. The third-order valence-electron chi connectivity index (χ3n) is 2.30. The van der Waals surface area contributed by atoms with Crippen molar-refractivity contribution in [2.45, 2.75) is 19.9 Å². The van der Waals surface area contributed by atoms with Gasteiger partial charge in [-0.2, -0.15) is 5.10 Å². The molecular weight excluding hydrogens is 234 g/mol. The van der Waals surface area contributed by atoms with E-state index in [1.165, 1.54) is 6.33 Å². The second kappa shape index (κ2) is 4.78. The molecule has 0 aromatic carbocycles. The van der Waals surface area contributed by atoms with E-state index in [1.54, 1.807) is 19.9 Å². The Balaban J connectivity index is 2.12. The van der Waals surface area contributed by atoms with Gasteiger partial charge in [-0.1, -0.05) is 0 Å². The smallest absolute Gasteiger partial charge is 0.270 e. The highest BCUT2D eigenvalue weighted by Gasteiger charge is 2.15. The standard InChI is InChI=1S/C10H13N7O/c1-5-3-7(16-10(11)14-5)9(18)15-6(2)8-12-4-13-17-8/h3-4,6H,1-2H3,(H,15,18)(H2,11,14,16)(H,12,13,17). The van der Waals surface area contributed by atoms with Crippen molar-refractivity contribution in [2.75, 3.05) is 5.73 Å². The molecule has 8 heteroatoms. The Bertz CT molecular complexity index is 531. The van der Waals surface area contributed by atoms with Crippen LogP contribution >= 0.6 is 0 Å². The van der Waals surface area contributed by atoms with Crippen molar-refractivity contribution in [1.82, 2.24) is 30.5 Å². The molecule has 1 amide bonds. The van der Waals surface area contributed by atoms with Crippen LogP contribution in [0.25, 0.3) is 0 Å². The number of aromatic amines is 1. The summed E-state index contributed by atoms with van der Waals surface area (Å²) < 4.78 is 0. The number of anilines is 1. The number of H-pyrrole nitrogens is 1. The lowest BCUT2D eigenvalue weighted by atomic mass is 10.2. The molecule has 4 N–H and O–H groups in total. The summed E-state index contributed by atoms with van der Waals surface area (Å²) in [5.41, 5.74) is 6.36. The van der Waals surface area contributed by atoms with E-state index in [1.807, 2.05) is 0 Å². The number of hydrogen-bond donors (Lipinski definition) is 3. The fraction of sp³-hybridized carbons (Fsp3) is 0.300. The molecule has 8 nitrogen and oxygen atoms in total. The monoisotopic (exact) mass is 247 g/mol. The molecule has 1 unspecified atom stereocenters. The van der Waals surface area contributed by atoms with Crippen LogP contribution in [-0.4, -0.2) is 31.1 Å². The van der Waals surface area contributed by atoms with Gasteiger partial charge in [-0.15, -0.1) is 0 Å². The van der Waals surface area contributed by atoms with Crippen molar-refractivity contribution < 1.29 is 4.79 Å². The van der Waals surface area contributed by atoms with Gasteiger partial charge >= 0.3 is 0 Å². The Morgan fingerprint density at radius 3 is 2.89 bits per heavy atom. The largest absolute Gasteiger partial charge is 0.368 e. The predicted octanol–water partition coefficient (Wildman–Crippen LogP) is -0.0237. The van der Waals surface area contributed by atoms with Gasteiger partial charge in [0.1, 0.15) is 17.8 Å². The number of nitrogens with zero attached hydrogens (tertiary/aromatic N) is 4. The first kappa shape index (κ1) is 12.0. The van der Waals surface area contributed by atoms with Crippen LogP contribution < -0.4 is 11.1 Å². The Kier molecular flexibility index (Phi) is 3.18. The van der Waals surface area contributed by atoms with Crippen LogP contribution in [0.4, 0.5) is 5.95 Å². The van der Waals surface area contributed by atoms with Crippen molar-refractivity contribution >= 4 is 11.9 Å². The molecule has 2 aromatic heterocycles. The van der Waals surface area contributed by atoms with Gasteiger partial charge in [0.25, 0.3) is 5.91 Å². The zero-order valence-corrected chi connectivity index (χ0v) is 10.0. The number of aromatic nitrogens is 5. The van der Waals surface area contributed by atoms with Crippen LogP contribution in [0.1, 0.15) is 35.0 Å². The zero-order valence-electron chi connectivity index (χ0n) is 10.0. The van der Waals surface area contributed by atoms with Gasteiger partial charge in [0, 0.05) is 5.69 Å². The third-order valence-corrected chi connectivity index (χ3v) is 2.30. The minimum absolute atomic E-state index is 0.0764. The van der Waals surface area contributed by atoms with Crippen molar-refractivity contribution in [3.05, 3.63) is 29.6 Å². The molecule has 1 atom stereocenters. The summed E-state index contributed by atoms with van der Waals surface area (Å²) in [4.78, 5) is 23.7. The van der Waals surface area contributed by atoms with E-state index in [4.69, 9.17) is 5.73 Å². The number of hydrogen-bond acceptors (Lipinski definition) is 6. The number of carbonyl (C=O) groups is 1. The molecule has 0 aliphatic heterocycles. The van der Waals surface area contributed by atoms with E-state index in [0.717, 1.165) is 0 Å². The molecule has 0 aliphatic carbocycles. The van der Waals surface area contributed by atoms with Gasteiger partial charge in [0.05, 0.1) is 6.04 Å². The van der Waals surface area contributed by atoms with Crippen molar-refractivity contribution in [3.63, 3.8) is 0 Å². The first-order chi connectivity index (χ1) is 8.56. The highest BCUT2D eigenvalue weighted by Crippen LogP contribution is 2.07. The average molecular weight is 247 g/mol. The molecule has 0 fully saturated rings. The zero-order chi connectivity index (χ0) is 13.1. The fourth-order valence-corrected chi connectivity index (χ4v) is 1.47. The number of nitrogens with two attached hydrogens (primary N) is 1. The third kappa shape index (κ3) is 2.59. The highest BCUT2D eigenvalue weighted by molar-refractivity contribution is 5.92. The van der Waals surface area contributed by atoms with Gasteiger partial charge < -0.3 is 11.1 Å². The van der Waals surface area contributed by atoms with Crippen molar-refractivity contribution in [2.24, 2.45) is 0 Å². The normalized spacial score (nSPS) is 12.1. The molecule has 2 aromatic rings. The minimum atomic E-state index is -0.337. The molecule has 94 valence electrons. The number of aryl methyl sites for hydroxylation is 1. The topological polar surface area (TPSA) is 122 Å². The molecule has 0 saturated carbocycles. The molecule has 2 heterocycles. The van der Waals surface area contributed by atoms with Crippen LogP contribution in [0.5, 0.6) is 0 Å². The van der Waals surface area contributed by atoms with Gasteiger partial charge in [-0.3, -0.25) is 9.89 Å². The first-order valence-corrected chi connectivity index (χ1v) is 5.33. The maximum atomic E-state index is 11.9. The quantitative estimate of drug-likeness (QED) is 0.700. The molecule has 18 heavy (non-hydrogen) atoms. The van der Waals surface area contributed by atoms with Crippen LogP contribution in [0.15, 0.2) is 12.4 Å². The number of nitrogens with one attached hydrogen (secondary N) is 2. The van der Waals surface area contributed by atoms with Gasteiger partial charge in [0.15, 0.2) is 0 Å². The van der Waals surface area contributed by atoms with Crippen molar-refractivity contribution in [3.8, 4) is 0 Å². The van der Waals surface area contributed by atoms with Crippen LogP contribution in [0.3, 0.4) is 0 Å². The van der Waals surface area contributed by atoms with Gasteiger partial charge in [-0.25, -0.2) is 15.0 Å². The second-order valence-corrected chi connectivity index (χ2v) is 3.82. The summed E-state index contributed by atoms with van der Waals surface area (Å²) in [6.45, 7) is 3.53. The molecule has 0 spiro atoms. The first-order valence-electron chi connectivity index (χ1n) is 5.33. The van der Waals surface area contributed by atoms with Gasteiger partial charge in [0.2, 0.25) is 5.95 Å². The Morgan fingerprint density at radius 2 is 2.28 bits per heavy atom. The lowest BCUT2D eigenvalue weighted by Gasteiger charge is -2.10. The van der Waals surface area contributed by atoms with Crippen LogP contribution in [-0.2, 0) is 0 Å². The summed E-state index contributed by atoms with van der Waals surface area (Å²) in [6.07, 6.45) is 1.38. The van der Waals surface area contributed by atoms with Crippen LogP contribution in [0.2, 0.25) is 0 Å². The molecule has 0 radical (unpaired) electrons. The Morgan fingerprint density at radius 1 is 1.50 bits per heavy atom. The summed E-state index contributed by atoms with van der Waals surface area (Å²) in [5.74, 6) is 0.311. The average Bonchev–Trinajstić information content (AvgIpc) is 2.80. The number of carbonyl (C=O) groups excluding carboxylic acids is 1. The SMILES string of the molecule is Cc1cc(C(=O)NC(C)c2ncn[nH]2)nc(N)n1. The maximum Gasteiger partial charge on any atom is 0.270 e. The maximum absolute atomic E-state index is 11.9. The van der Waals surface area contributed by atoms with E-state index in [9.17, 15) is 4.79 Å². The molecule has 0 bridgehead atoms. The molecular formula is C10H13N7O. The molecule has 0 saturated heterocycles. The highest BCUT2D eigenvalue weighted by atomic mass is 16.1.